The summed E-state index contributed by atoms with van der Waals surface area (Å²) in [5.41, 5.74) is 2.39. The van der Waals surface area contributed by atoms with Gasteiger partial charge in [0.15, 0.2) is 5.96 Å². The summed E-state index contributed by atoms with van der Waals surface area (Å²) < 4.78 is 5.40. The van der Waals surface area contributed by atoms with Crippen LogP contribution >= 0.6 is 24.0 Å². The predicted octanol–water partition coefficient (Wildman–Crippen LogP) is 3.51. The molecule has 1 saturated heterocycles. The van der Waals surface area contributed by atoms with E-state index in [9.17, 15) is 4.79 Å². The second-order valence-electron chi connectivity index (χ2n) is 7.28. The topological polar surface area (TPSA) is 66.0 Å². The molecular formula is C22H37IN4O2. The first-order valence-electron chi connectivity index (χ1n) is 10.5. The maximum atomic E-state index is 12.0. The molecule has 0 aliphatic carbocycles. The summed E-state index contributed by atoms with van der Waals surface area (Å²) in [6.07, 6.45) is 4.50. The van der Waals surface area contributed by atoms with Gasteiger partial charge in [0.25, 0.3) is 0 Å². The zero-order valence-electron chi connectivity index (χ0n) is 18.3. The molecule has 1 heterocycles. The molecule has 0 saturated carbocycles. The molecule has 1 aromatic carbocycles. The van der Waals surface area contributed by atoms with E-state index in [0.29, 0.717) is 18.4 Å². The number of halogens is 1. The lowest BCUT2D eigenvalue weighted by Crippen LogP contribution is -2.39. The number of hydrogen-bond acceptors (Lipinski definition) is 3. The van der Waals surface area contributed by atoms with Gasteiger partial charge in [-0.15, -0.1) is 24.0 Å². The van der Waals surface area contributed by atoms with Gasteiger partial charge in [-0.2, -0.15) is 0 Å². The third kappa shape index (κ3) is 8.03. The molecule has 6 nitrogen and oxygen atoms in total. The lowest BCUT2D eigenvalue weighted by molar-refractivity contribution is -0.129. The average molecular weight is 516 g/mol. The Morgan fingerprint density at radius 3 is 2.72 bits per heavy atom. The van der Waals surface area contributed by atoms with E-state index in [1.165, 1.54) is 5.56 Å². The van der Waals surface area contributed by atoms with Gasteiger partial charge in [0, 0.05) is 38.6 Å². The van der Waals surface area contributed by atoms with E-state index in [1.807, 2.05) is 4.90 Å². The minimum Gasteiger partial charge on any atom is -0.496 e. The number of ether oxygens (including phenoxy) is 1. The Hall–Kier alpha value is -1.51. The van der Waals surface area contributed by atoms with Crippen LogP contribution in [0.5, 0.6) is 5.75 Å². The summed E-state index contributed by atoms with van der Waals surface area (Å²) in [7, 11) is 1.71. The van der Waals surface area contributed by atoms with Crippen LogP contribution < -0.4 is 15.4 Å². The van der Waals surface area contributed by atoms with Crippen LogP contribution in [0.1, 0.15) is 50.7 Å². The maximum Gasteiger partial charge on any atom is 0.222 e. The van der Waals surface area contributed by atoms with Gasteiger partial charge in [0.2, 0.25) is 5.91 Å². The number of aliphatic imine (C=N–C) groups is 1. The first-order chi connectivity index (χ1) is 13.6. The second-order valence-corrected chi connectivity index (χ2v) is 7.28. The standard InChI is InChI=1S/C22H36N4O2.HI/c1-5-19(26-15-7-8-21(26)27)12-14-25-22(23-6-2)24-13-11-18-10-9-17(3)20(16-18)28-4;/h9-10,16,19H,5-8,11-15H2,1-4H3,(H2,23,24,25);1H. The van der Waals surface area contributed by atoms with Crippen molar-refractivity contribution in [2.45, 2.75) is 58.9 Å². The number of amides is 1. The molecule has 1 amide bonds. The number of benzene rings is 1. The third-order valence-electron chi connectivity index (χ3n) is 5.28. The normalized spacial score (nSPS) is 15.1. The van der Waals surface area contributed by atoms with E-state index >= 15 is 0 Å². The van der Waals surface area contributed by atoms with Crippen molar-refractivity contribution in [3.05, 3.63) is 29.3 Å². The summed E-state index contributed by atoms with van der Waals surface area (Å²) in [6.45, 7) is 9.52. The van der Waals surface area contributed by atoms with Crippen LogP contribution in [0.25, 0.3) is 0 Å². The van der Waals surface area contributed by atoms with Crippen LogP contribution in [-0.4, -0.2) is 56.1 Å². The van der Waals surface area contributed by atoms with Crippen molar-refractivity contribution in [1.29, 1.82) is 0 Å². The number of carbonyl (C=O) groups is 1. The van der Waals surface area contributed by atoms with Crippen molar-refractivity contribution in [3.63, 3.8) is 0 Å². The van der Waals surface area contributed by atoms with Gasteiger partial charge < -0.3 is 20.3 Å². The molecule has 2 rings (SSSR count). The lowest BCUT2D eigenvalue weighted by atomic mass is 10.1. The number of aryl methyl sites for hydroxylation is 1. The molecule has 2 N–H and O–H groups in total. The molecule has 1 aromatic rings. The SMILES string of the molecule is CCNC(=NCCC(CC)N1CCCC1=O)NCCc1ccc(C)c(OC)c1.I. The minimum absolute atomic E-state index is 0. The molecule has 29 heavy (non-hydrogen) atoms. The Balaban J connectivity index is 0.00000420. The Labute approximate surface area is 192 Å². The second kappa shape index (κ2) is 13.7. The number of likely N-dealkylation sites (tertiary alicyclic amines) is 1. The lowest BCUT2D eigenvalue weighted by Gasteiger charge is -2.26. The van der Waals surface area contributed by atoms with Gasteiger partial charge in [-0.3, -0.25) is 9.79 Å². The smallest absolute Gasteiger partial charge is 0.222 e. The van der Waals surface area contributed by atoms with Crippen LogP contribution in [-0.2, 0) is 11.2 Å². The highest BCUT2D eigenvalue weighted by molar-refractivity contribution is 14.0. The third-order valence-corrected chi connectivity index (χ3v) is 5.28. The molecule has 0 spiro atoms. The number of carbonyl (C=O) groups excluding carboxylic acids is 1. The number of nitrogens with one attached hydrogen (secondary N) is 2. The molecule has 164 valence electrons. The molecule has 1 aliphatic rings. The highest BCUT2D eigenvalue weighted by atomic mass is 127. The molecule has 1 unspecified atom stereocenters. The van der Waals surface area contributed by atoms with E-state index in [1.54, 1.807) is 7.11 Å². The van der Waals surface area contributed by atoms with Crippen LogP contribution in [0, 0.1) is 6.92 Å². The maximum absolute atomic E-state index is 12.0. The van der Waals surface area contributed by atoms with Crippen molar-refractivity contribution in [2.75, 3.05) is 33.3 Å². The van der Waals surface area contributed by atoms with Crippen LogP contribution in [0.2, 0.25) is 0 Å². The fourth-order valence-corrected chi connectivity index (χ4v) is 3.65. The first-order valence-corrected chi connectivity index (χ1v) is 10.5. The monoisotopic (exact) mass is 516 g/mol. The van der Waals surface area contributed by atoms with Gasteiger partial charge in [-0.05, 0) is 56.7 Å². The Morgan fingerprint density at radius 2 is 2.10 bits per heavy atom. The Bertz CT molecular complexity index is 666. The summed E-state index contributed by atoms with van der Waals surface area (Å²) in [6, 6.07) is 6.64. The Morgan fingerprint density at radius 1 is 1.31 bits per heavy atom. The average Bonchev–Trinajstić information content (AvgIpc) is 3.12. The molecule has 0 aromatic heterocycles. The van der Waals surface area contributed by atoms with Crippen LogP contribution in [0.3, 0.4) is 0 Å². The summed E-state index contributed by atoms with van der Waals surface area (Å²) in [5, 5.41) is 6.71. The fraction of sp³-hybridized carbons (Fsp3) is 0.636. The number of hydrogen-bond donors (Lipinski definition) is 2. The zero-order chi connectivity index (χ0) is 20.4. The minimum atomic E-state index is 0. The van der Waals surface area contributed by atoms with Crippen molar-refractivity contribution >= 4 is 35.8 Å². The van der Waals surface area contributed by atoms with Crippen molar-refractivity contribution < 1.29 is 9.53 Å². The molecule has 1 aliphatic heterocycles. The van der Waals surface area contributed by atoms with E-state index < -0.39 is 0 Å². The van der Waals surface area contributed by atoms with Gasteiger partial charge in [-0.1, -0.05) is 19.1 Å². The molecule has 0 bridgehead atoms. The molecule has 1 fully saturated rings. The van der Waals surface area contributed by atoms with E-state index in [4.69, 9.17) is 9.73 Å². The molecule has 1 atom stereocenters. The number of guanidine groups is 1. The number of rotatable bonds is 10. The van der Waals surface area contributed by atoms with Gasteiger partial charge in [0.05, 0.1) is 7.11 Å². The highest BCUT2D eigenvalue weighted by Crippen LogP contribution is 2.19. The first kappa shape index (κ1) is 25.5. The molecular weight excluding hydrogens is 479 g/mol. The number of methoxy groups -OCH3 is 1. The predicted molar refractivity (Wildman–Crippen MR) is 130 cm³/mol. The van der Waals surface area contributed by atoms with Crippen molar-refractivity contribution in [1.82, 2.24) is 15.5 Å². The van der Waals surface area contributed by atoms with Crippen molar-refractivity contribution in [3.8, 4) is 5.75 Å². The quantitative estimate of drug-likeness (QED) is 0.284. The van der Waals surface area contributed by atoms with E-state index in [2.05, 4.69) is 49.6 Å². The summed E-state index contributed by atoms with van der Waals surface area (Å²) in [5.74, 6) is 2.07. The van der Waals surface area contributed by atoms with Crippen molar-refractivity contribution in [2.24, 2.45) is 4.99 Å². The van der Waals surface area contributed by atoms with Gasteiger partial charge >= 0.3 is 0 Å². The summed E-state index contributed by atoms with van der Waals surface area (Å²) >= 11 is 0. The number of nitrogens with zero attached hydrogens (tertiary/aromatic N) is 2. The highest BCUT2D eigenvalue weighted by Gasteiger charge is 2.26. The van der Waals surface area contributed by atoms with E-state index in [-0.39, 0.29) is 24.0 Å². The largest absolute Gasteiger partial charge is 0.496 e. The van der Waals surface area contributed by atoms with E-state index in [0.717, 1.165) is 69.1 Å². The van der Waals surface area contributed by atoms with Gasteiger partial charge in [-0.25, -0.2) is 0 Å². The molecule has 7 heteroatoms. The Kier molecular flexibility index (Phi) is 12.0. The zero-order valence-corrected chi connectivity index (χ0v) is 20.6. The fourth-order valence-electron chi connectivity index (χ4n) is 3.65. The summed E-state index contributed by atoms with van der Waals surface area (Å²) in [4.78, 5) is 18.7. The van der Waals surface area contributed by atoms with Crippen LogP contribution in [0.4, 0.5) is 0 Å². The van der Waals surface area contributed by atoms with Gasteiger partial charge in [0.1, 0.15) is 5.75 Å². The van der Waals surface area contributed by atoms with Crippen LogP contribution in [0.15, 0.2) is 23.2 Å². The molecule has 0 radical (unpaired) electrons.